The molecule has 0 radical (unpaired) electrons. The average molecular weight is 357 g/mol. The molecule has 1 amide bonds. The first-order valence-electron chi connectivity index (χ1n) is 7.19. The van der Waals surface area contributed by atoms with Crippen LogP contribution in [0, 0.1) is 0 Å². The molecule has 0 atom stereocenters. The van der Waals surface area contributed by atoms with Crippen molar-refractivity contribution in [2.24, 2.45) is 0 Å². The lowest BCUT2D eigenvalue weighted by Crippen LogP contribution is -2.27. The summed E-state index contributed by atoms with van der Waals surface area (Å²) in [6.07, 6.45) is 1.84. The predicted molar refractivity (Wildman–Crippen MR) is 102 cm³/mol. The van der Waals surface area contributed by atoms with Crippen molar-refractivity contribution in [3.63, 3.8) is 0 Å². The fourth-order valence-corrected chi connectivity index (χ4v) is 3.63. The first-order valence-corrected chi connectivity index (χ1v) is 8.41. The number of ether oxygens (including phenoxy) is 2. The number of hydrogen-bond donors (Lipinski definition) is 0. The van der Waals surface area contributed by atoms with Crippen LogP contribution < -0.4 is 14.4 Å². The number of thiocarbonyl (C=S) groups is 1. The highest BCUT2D eigenvalue weighted by atomic mass is 32.2. The minimum atomic E-state index is -0.155. The molecule has 4 nitrogen and oxygen atoms in total. The zero-order chi connectivity index (χ0) is 17.1. The van der Waals surface area contributed by atoms with Gasteiger partial charge in [-0.05, 0) is 23.8 Å². The predicted octanol–water partition coefficient (Wildman–Crippen LogP) is 4.11. The number of hydrogen-bond acceptors (Lipinski definition) is 5. The van der Waals surface area contributed by atoms with E-state index in [1.165, 1.54) is 16.7 Å². The summed E-state index contributed by atoms with van der Waals surface area (Å²) in [4.78, 5) is 14.9. The van der Waals surface area contributed by atoms with Crippen LogP contribution in [0.25, 0.3) is 6.08 Å². The second kappa shape index (κ2) is 7.07. The van der Waals surface area contributed by atoms with Gasteiger partial charge in [0.25, 0.3) is 5.91 Å². The molecule has 1 heterocycles. The summed E-state index contributed by atoms with van der Waals surface area (Å²) in [5, 5.41) is 0. The van der Waals surface area contributed by atoms with Gasteiger partial charge in [0.15, 0.2) is 4.32 Å². The lowest BCUT2D eigenvalue weighted by atomic mass is 10.2. The van der Waals surface area contributed by atoms with E-state index in [-0.39, 0.29) is 5.91 Å². The van der Waals surface area contributed by atoms with Crippen molar-refractivity contribution < 1.29 is 14.3 Å². The molecule has 0 unspecified atom stereocenters. The van der Waals surface area contributed by atoms with Crippen molar-refractivity contribution in [1.29, 1.82) is 0 Å². The van der Waals surface area contributed by atoms with Crippen molar-refractivity contribution in [2.45, 2.75) is 0 Å². The standard InChI is InChI=1S/C18H15NO3S2/c1-21-13-8-9-14(15(11-13)22-2)19-17(20)16(24-18(19)23)10-12-6-4-3-5-7-12/h3-11H,1-2H3/b16-10-. The van der Waals surface area contributed by atoms with Crippen molar-refractivity contribution in [3.05, 3.63) is 59.0 Å². The summed E-state index contributed by atoms with van der Waals surface area (Å²) in [5.41, 5.74) is 1.57. The fraction of sp³-hybridized carbons (Fsp3) is 0.111. The van der Waals surface area contributed by atoms with Gasteiger partial charge < -0.3 is 9.47 Å². The van der Waals surface area contributed by atoms with E-state index in [0.29, 0.717) is 26.4 Å². The Kier molecular flexibility index (Phi) is 4.87. The highest BCUT2D eigenvalue weighted by molar-refractivity contribution is 8.27. The monoisotopic (exact) mass is 357 g/mol. The molecule has 0 bridgehead atoms. The molecule has 0 aliphatic carbocycles. The molecule has 1 aliphatic rings. The van der Waals surface area contributed by atoms with Gasteiger partial charge >= 0.3 is 0 Å². The van der Waals surface area contributed by atoms with Gasteiger partial charge in [0.05, 0.1) is 24.8 Å². The Morgan fingerprint density at radius 2 is 1.83 bits per heavy atom. The molecule has 3 rings (SSSR count). The lowest BCUT2D eigenvalue weighted by Gasteiger charge is -2.18. The zero-order valence-electron chi connectivity index (χ0n) is 13.2. The summed E-state index contributed by atoms with van der Waals surface area (Å²) in [5.74, 6) is 1.03. The zero-order valence-corrected chi connectivity index (χ0v) is 14.8. The van der Waals surface area contributed by atoms with Gasteiger partial charge in [-0.25, -0.2) is 0 Å². The molecule has 122 valence electrons. The van der Waals surface area contributed by atoms with Gasteiger partial charge in [-0.15, -0.1) is 0 Å². The highest BCUT2D eigenvalue weighted by Gasteiger charge is 2.35. The molecule has 2 aromatic rings. The van der Waals surface area contributed by atoms with Crippen molar-refractivity contribution in [2.75, 3.05) is 19.1 Å². The molecule has 0 saturated carbocycles. The van der Waals surface area contributed by atoms with Crippen LogP contribution in [0.4, 0.5) is 5.69 Å². The van der Waals surface area contributed by atoms with E-state index in [1.807, 2.05) is 36.4 Å². The summed E-state index contributed by atoms with van der Waals surface area (Å²) in [7, 11) is 3.13. The molecule has 0 spiro atoms. The third kappa shape index (κ3) is 3.16. The molecule has 0 N–H and O–H groups in total. The third-order valence-electron chi connectivity index (χ3n) is 3.52. The number of carbonyl (C=O) groups is 1. The molecule has 1 fully saturated rings. The number of nitrogens with zero attached hydrogens (tertiary/aromatic N) is 1. The molecular weight excluding hydrogens is 342 g/mol. The SMILES string of the molecule is COc1ccc(N2C(=O)/C(=C/c3ccccc3)SC2=S)c(OC)c1. The Morgan fingerprint density at radius 3 is 2.50 bits per heavy atom. The van der Waals surface area contributed by atoms with Crippen LogP contribution in [-0.2, 0) is 4.79 Å². The maximum absolute atomic E-state index is 12.8. The van der Waals surface area contributed by atoms with E-state index in [9.17, 15) is 4.79 Å². The van der Waals surface area contributed by atoms with Crippen LogP contribution in [0.15, 0.2) is 53.4 Å². The summed E-state index contributed by atoms with van der Waals surface area (Å²) < 4.78 is 11.1. The van der Waals surface area contributed by atoms with Crippen LogP contribution in [0.5, 0.6) is 11.5 Å². The van der Waals surface area contributed by atoms with E-state index in [1.54, 1.807) is 32.4 Å². The number of amides is 1. The number of carbonyl (C=O) groups excluding carboxylic acids is 1. The molecular formula is C18H15NO3S2. The van der Waals surface area contributed by atoms with E-state index in [4.69, 9.17) is 21.7 Å². The van der Waals surface area contributed by atoms with Crippen molar-refractivity contribution in [3.8, 4) is 11.5 Å². The Balaban J connectivity index is 1.97. The van der Waals surface area contributed by atoms with Crippen molar-refractivity contribution >= 4 is 46.0 Å². The second-order valence-corrected chi connectivity index (χ2v) is 6.64. The first-order chi connectivity index (χ1) is 11.6. The first kappa shape index (κ1) is 16.5. The number of methoxy groups -OCH3 is 2. The second-order valence-electron chi connectivity index (χ2n) is 4.97. The highest BCUT2D eigenvalue weighted by Crippen LogP contribution is 2.41. The number of anilines is 1. The molecule has 1 aliphatic heterocycles. The summed E-state index contributed by atoms with van der Waals surface area (Å²) >= 11 is 6.68. The van der Waals surface area contributed by atoms with Crippen LogP contribution in [0.2, 0.25) is 0 Å². The van der Waals surface area contributed by atoms with Crippen LogP contribution in [0.3, 0.4) is 0 Å². The van der Waals surface area contributed by atoms with E-state index in [2.05, 4.69) is 0 Å². The summed E-state index contributed by atoms with van der Waals surface area (Å²) in [6.45, 7) is 0. The van der Waals surface area contributed by atoms with Gasteiger partial charge in [0.1, 0.15) is 11.5 Å². The Bertz CT molecular complexity index is 818. The van der Waals surface area contributed by atoms with Gasteiger partial charge in [-0.3, -0.25) is 9.69 Å². The molecule has 24 heavy (non-hydrogen) atoms. The Labute approximate surface area is 150 Å². The molecule has 6 heteroatoms. The fourth-order valence-electron chi connectivity index (χ4n) is 2.35. The van der Waals surface area contributed by atoms with Gasteiger partial charge in [-0.2, -0.15) is 0 Å². The van der Waals surface area contributed by atoms with Gasteiger partial charge in [-0.1, -0.05) is 54.3 Å². The molecule has 0 aromatic heterocycles. The minimum absolute atomic E-state index is 0.155. The van der Waals surface area contributed by atoms with Crippen molar-refractivity contribution in [1.82, 2.24) is 0 Å². The van der Waals surface area contributed by atoms with E-state index in [0.717, 1.165) is 5.56 Å². The Hall–Kier alpha value is -2.31. The van der Waals surface area contributed by atoms with E-state index < -0.39 is 0 Å². The number of thioether (sulfide) groups is 1. The topological polar surface area (TPSA) is 38.8 Å². The lowest BCUT2D eigenvalue weighted by molar-refractivity contribution is -0.113. The van der Waals surface area contributed by atoms with Gasteiger partial charge in [0.2, 0.25) is 0 Å². The molecule has 2 aromatic carbocycles. The van der Waals surface area contributed by atoms with Crippen LogP contribution in [-0.4, -0.2) is 24.4 Å². The average Bonchev–Trinajstić information content (AvgIpc) is 2.89. The van der Waals surface area contributed by atoms with Crippen LogP contribution >= 0.6 is 24.0 Å². The Morgan fingerprint density at radius 1 is 1.08 bits per heavy atom. The summed E-state index contributed by atoms with van der Waals surface area (Å²) in [6, 6.07) is 15.0. The number of rotatable bonds is 4. The smallest absolute Gasteiger partial charge is 0.270 e. The quantitative estimate of drug-likeness (QED) is 0.608. The molecule has 1 saturated heterocycles. The maximum Gasteiger partial charge on any atom is 0.270 e. The van der Waals surface area contributed by atoms with Gasteiger partial charge in [0, 0.05) is 6.07 Å². The third-order valence-corrected chi connectivity index (χ3v) is 4.82. The number of benzene rings is 2. The van der Waals surface area contributed by atoms with E-state index >= 15 is 0 Å². The minimum Gasteiger partial charge on any atom is -0.497 e. The normalized spacial score (nSPS) is 15.9. The maximum atomic E-state index is 12.8. The largest absolute Gasteiger partial charge is 0.497 e. The van der Waals surface area contributed by atoms with Crippen LogP contribution in [0.1, 0.15) is 5.56 Å².